The van der Waals surface area contributed by atoms with Crippen LogP contribution >= 0.6 is 15.9 Å². The minimum Gasteiger partial charge on any atom is -0.306 e. The molecule has 0 aliphatic rings. The van der Waals surface area contributed by atoms with Gasteiger partial charge in [0.25, 0.3) is 0 Å². The molecule has 0 radical (unpaired) electrons. The molecule has 0 saturated heterocycles. The second-order valence-electron chi connectivity index (χ2n) is 4.56. The van der Waals surface area contributed by atoms with Gasteiger partial charge in [-0.25, -0.2) is 8.78 Å². The molecule has 0 aliphatic heterocycles. The first kappa shape index (κ1) is 15.1. The molecule has 3 nitrogen and oxygen atoms in total. The summed E-state index contributed by atoms with van der Waals surface area (Å²) >= 11 is 3.11. The van der Waals surface area contributed by atoms with Gasteiger partial charge in [0.05, 0.1) is 16.7 Å². The van der Waals surface area contributed by atoms with Crippen molar-refractivity contribution in [1.29, 1.82) is 0 Å². The van der Waals surface area contributed by atoms with Crippen LogP contribution < -0.4 is 5.32 Å². The highest BCUT2D eigenvalue weighted by atomic mass is 79.9. The molecule has 2 rings (SSSR count). The molecule has 1 aromatic carbocycles. The third-order valence-corrected chi connectivity index (χ3v) is 3.97. The monoisotopic (exact) mass is 343 g/mol. The molecule has 6 heteroatoms. The number of hydrogen-bond donors (Lipinski definition) is 1. The largest absolute Gasteiger partial charge is 0.306 e. The quantitative estimate of drug-likeness (QED) is 0.861. The topological polar surface area (TPSA) is 29.9 Å². The summed E-state index contributed by atoms with van der Waals surface area (Å²) in [6.07, 6.45) is 1.64. The van der Waals surface area contributed by atoms with Crippen molar-refractivity contribution >= 4 is 15.9 Å². The first-order valence-corrected chi connectivity index (χ1v) is 7.12. The molecule has 0 bridgehead atoms. The average molecular weight is 344 g/mol. The Morgan fingerprint density at radius 2 is 2.10 bits per heavy atom. The number of nitrogens with zero attached hydrogens (tertiary/aromatic N) is 2. The molecule has 0 fully saturated rings. The van der Waals surface area contributed by atoms with Crippen molar-refractivity contribution in [3.63, 3.8) is 0 Å². The number of rotatable bonds is 4. The van der Waals surface area contributed by atoms with E-state index in [-0.39, 0.29) is 10.0 Å². The fourth-order valence-electron chi connectivity index (χ4n) is 2.18. The van der Waals surface area contributed by atoms with Crippen LogP contribution in [0.3, 0.4) is 0 Å². The van der Waals surface area contributed by atoms with Gasteiger partial charge >= 0.3 is 0 Å². The SMILES string of the molecule is CCNC(c1cnn(C)c1C)c1c(F)ccc(Br)c1F. The Hall–Kier alpha value is -1.27. The Morgan fingerprint density at radius 3 is 2.65 bits per heavy atom. The van der Waals surface area contributed by atoms with Gasteiger partial charge in [-0.15, -0.1) is 0 Å². The lowest BCUT2D eigenvalue weighted by atomic mass is 9.98. The number of aryl methyl sites for hydroxylation is 1. The summed E-state index contributed by atoms with van der Waals surface area (Å²) in [6.45, 7) is 4.36. The van der Waals surface area contributed by atoms with Crippen LogP contribution in [0, 0.1) is 18.6 Å². The predicted molar refractivity (Wildman–Crippen MR) is 77.5 cm³/mol. The summed E-state index contributed by atoms with van der Waals surface area (Å²) in [7, 11) is 1.80. The van der Waals surface area contributed by atoms with Gasteiger partial charge < -0.3 is 5.32 Å². The lowest BCUT2D eigenvalue weighted by molar-refractivity contribution is 0.506. The van der Waals surface area contributed by atoms with Crippen LogP contribution in [0.2, 0.25) is 0 Å². The van der Waals surface area contributed by atoms with E-state index >= 15 is 0 Å². The predicted octanol–water partition coefficient (Wildman–Crippen LogP) is 3.47. The number of halogens is 3. The standard InChI is InChI=1S/C14H16BrF2N3/c1-4-18-14(9-7-19-20(3)8(9)2)12-11(16)6-5-10(15)13(12)17/h5-7,14,18H,4H2,1-3H3. The maximum atomic E-state index is 14.3. The van der Waals surface area contributed by atoms with E-state index in [0.717, 1.165) is 11.3 Å². The van der Waals surface area contributed by atoms with E-state index in [1.165, 1.54) is 12.1 Å². The molecule has 1 aromatic heterocycles. The van der Waals surface area contributed by atoms with Crippen LogP contribution in [0.15, 0.2) is 22.8 Å². The molecule has 20 heavy (non-hydrogen) atoms. The summed E-state index contributed by atoms with van der Waals surface area (Å²) in [5.41, 5.74) is 1.65. The van der Waals surface area contributed by atoms with E-state index in [9.17, 15) is 8.78 Å². The normalized spacial score (nSPS) is 12.7. The van der Waals surface area contributed by atoms with Crippen LogP contribution in [0.1, 0.15) is 29.8 Å². The summed E-state index contributed by atoms with van der Waals surface area (Å²) in [5.74, 6) is -1.15. The van der Waals surface area contributed by atoms with Gasteiger partial charge in [0, 0.05) is 23.9 Å². The van der Waals surface area contributed by atoms with Crippen molar-refractivity contribution in [3.8, 4) is 0 Å². The second-order valence-corrected chi connectivity index (χ2v) is 5.41. The fraction of sp³-hybridized carbons (Fsp3) is 0.357. The van der Waals surface area contributed by atoms with Gasteiger partial charge in [-0.1, -0.05) is 6.92 Å². The molecular formula is C14H16BrF2N3. The van der Waals surface area contributed by atoms with Crippen LogP contribution in [0.5, 0.6) is 0 Å². The third-order valence-electron chi connectivity index (χ3n) is 3.36. The fourth-order valence-corrected chi connectivity index (χ4v) is 2.52. The summed E-state index contributed by atoms with van der Waals surface area (Å²) in [5, 5.41) is 7.27. The summed E-state index contributed by atoms with van der Waals surface area (Å²) in [4.78, 5) is 0. The Kier molecular flexibility index (Phi) is 4.55. The van der Waals surface area contributed by atoms with Gasteiger partial charge in [-0.05, 0) is 41.5 Å². The highest BCUT2D eigenvalue weighted by molar-refractivity contribution is 9.10. The highest BCUT2D eigenvalue weighted by Crippen LogP contribution is 2.31. The molecule has 0 saturated carbocycles. The maximum absolute atomic E-state index is 14.3. The molecule has 108 valence electrons. The van der Waals surface area contributed by atoms with E-state index in [0.29, 0.717) is 6.54 Å². The Balaban J connectivity index is 2.60. The third kappa shape index (κ3) is 2.62. The first-order chi connectivity index (χ1) is 9.47. The van der Waals surface area contributed by atoms with Crippen molar-refractivity contribution in [2.24, 2.45) is 7.05 Å². The summed E-state index contributed by atoms with van der Waals surface area (Å²) < 4.78 is 30.3. The highest BCUT2D eigenvalue weighted by Gasteiger charge is 2.25. The van der Waals surface area contributed by atoms with Crippen LogP contribution in [0.25, 0.3) is 0 Å². The molecule has 2 aromatic rings. The number of benzene rings is 1. The molecule has 1 atom stereocenters. The van der Waals surface area contributed by atoms with E-state index in [1.54, 1.807) is 17.9 Å². The lowest BCUT2D eigenvalue weighted by Gasteiger charge is -2.20. The van der Waals surface area contributed by atoms with Crippen molar-refractivity contribution in [2.45, 2.75) is 19.9 Å². The Bertz CT molecular complexity index is 625. The zero-order chi connectivity index (χ0) is 14.9. The van der Waals surface area contributed by atoms with Gasteiger partial charge in [0.1, 0.15) is 11.6 Å². The number of aromatic nitrogens is 2. The lowest BCUT2D eigenvalue weighted by Crippen LogP contribution is -2.24. The number of nitrogens with one attached hydrogen (secondary N) is 1. The Labute approximate surface area is 125 Å². The van der Waals surface area contributed by atoms with Gasteiger partial charge in [-0.2, -0.15) is 5.10 Å². The molecule has 1 unspecified atom stereocenters. The molecule has 0 amide bonds. The molecule has 0 aliphatic carbocycles. The smallest absolute Gasteiger partial charge is 0.145 e. The average Bonchev–Trinajstić information content (AvgIpc) is 2.74. The van der Waals surface area contributed by atoms with Gasteiger partial charge in [0.2, 0.25) is 0 Å². The van der Waals surface area contributed by atoms with E-state index in [4.69, 9.17) is 0 Å². The second kappa shape index (κ2) is 6.01. The minimum atomic E-state index is -0.584. The molecule has 1 heterocycles. The van der Waals surface area contributed by atoms with Crippen molar-refractivity contribution in [1.82, 2.24) is 15.1 Å². The van der Waals surface area contributed by atoms with E-state index in [2.05, 4.69) is 26.3 Å². The van der Waals surface area contributed by atoms with Crippen LogP contribution in [-0.4, -0.2) is 16.3 Å². The Morgan fingerprint density at radius 1 is 1.40 bits per heavy atom. The van der Waals surface area contributed by atoms with Gasteiger partial charge in [0.15, 0.2) is 0 Å². The van der Waals surface area contributed by atoms with Crippen molar-refractivity contribution < 1.29 is 8.78 Å². The first-order valence-electron chi connectivity index (χ1n) is 6.32. The number of hydrogen-bond acceptors (Lipinski definition) is 2. The molecule has 0 spiro atoms. The summed E-state index contributed by atoms with van der Waals surface area (Å²) in [6, 6.07) is 2.07. The van der Waals surface area contributed by atoms with Crippen LogP contribution in [-0.2, 0) is 7.05 Å². The van der Waals surface area contributed by atoms with Crippen molar-refractivity contribution in [2.75, 3.05) is 6.54 Å². The van der Waals surface area contributed by atoms with E-state index in [1.807, 2.05) is 13.8 Å². The van der Waals surface area contributed by atoms with Crippen molar-refractivity contribution in [3.05, 3.63) is 51.3 Å². The zero-order valence-corrected chi connectivity index (χ0v) is 13.1. The van der Waals surface area contributed by atoms with Crippen LogP contribution in [0.4, 0.5) is 8.78 Å². The minimum absolute atomic E-state index is 0.0114. The molecular weight excluding hydrogens is 328 g/mol. The maximum Gasteiger partial charge on any atom is 0.145 e. The molecule has 1 N–H and O–H groups in total. The van der Waals surface area contributed by atoms with E-state index < -0.39 is 17.7 Å². The van der Waals surface area contributed by atoms with Gasteiger partial charge in [-0.3, -0.25) is 4.68 Å². The zero-order valence-electron chi connectivity index (χ0n) is 11.5.